The third kappa shape index (κ3) is 4.52. The normalized spacial score (nSPS) is 10.5. The van der Waals surface area contributed by atoms with Gasteiger partial charge in [-0.3, -0.25) is 14.4 Å². The number of carbonyl (C=O) groups excluding carboxylic acids is 2. The third-order valence-electron chi connectivity index (χ3n) is 4.06. The van der Waals surface area contributed by atoms with E-state index in [1.165, 1.54) is 0 Å². The van der Waals surface area contributed by atoms with Crippen LogP contribution in [0.2, 0.25) is 0 Å². The van der Waals surface area contributed by atoms with E-state index >= 15 is 0 Å². The highest BCUT2D eigenvalue weighted by atomic mass is 16.4. The van der Waals surface area contributed by atoms with Crippen molar-refractivity contribution in [2.24, 2.45) is 0 Å². The summed E-state index contributed by atoms with van der Waals surface area (Å²) < 4.78 is 1.90. The fraction of sp³-hybridized carbons (Fsp3) is 0.150. The number of fused-ring (bicyclic) bond motifs is 1. The van der Waals surface area contributed by atoms with Gasteiger partial charge in [-0.05, 0) is 17.7 Å². The first-order valence-corrected chi connectivity index (χ1v) is 8.43. The Balaban J connectivity index is 1.77. The van der Waals surface area contributed by atoms with Crippen LogP contribution in [0.15, 0.2) is 60.7 Å². The van der Waals surface area contributed by atoms with Crippen LogP contribution in [0.5, 0.6) is 0 Å². The van der Waals surface area contributed by atoms with Crippen LogP contribution in [-0.4, -0.2) is 40.5 Å². The van der Waals surface area contributed by atoms with E-state index in [-0.39, 0.29) is 19.0 Å². The molecule has 2 aromatic carbocycles. The molecular weight excluding hydrogens is 346 g/mol. The number of hydrogen-bond acceptors (Lipinski definition) is 3. The molecule has 0 saturated carbocycles. The lowest BCUT2D eigenvalue weighted by Crippen LogP contribution is -2.40. The molecule has 7 heteroatoms. The van der Waals surface area contributed by atoms with Crippen LogP contribution in [0.4, 0.5) is 0 Å². The third-order valence-corrected chi connectivity index (χ3v) is 4.06. The Hall–Kier alpha value is -3.61. The Bertz CT molecular complexity index is 979. The van der Waals surface area contributed by atoms with Crippen LogP contribution < -0.4 is 10.6 Å². The van der Waals surface area contributed by atoms with Gasteiger partial charge in [0, 0.05) is 16.6 Å². The Morgan fingerprint density at radius 2 is 1.52 bits per heavy atom. The van der Waals surface area contributed by atoms with Crippen molar-refractivity contribution in [3.05, 3.63) is 60.7 Å². The molecule has 0 saturated heterocycles. The van der Waals surface area contributed by atoms with Gasteiger partial charge in [-0.25, -0.2) is 0 Å². The molecule has 0 spiro atoms. The van der Waals surface area contributed by atoms with Crippen LogP contribution >= 0.6 is 0 Å². The maximum Gasteiger partial charge on any atom is 0.322 e. The van der Waals surface area contributed by atoms with E-state index in [2.05, 4.69) is 10.6 Å². The molecule has 0 aliphatic rings. The first kappa shape index (κ1) is 18.2. The van der Waals surface area contributed by atoms with E-state index in [4.69, 9.17) is 5.11 Å². The number of hydrogen-bond donors (Lipinski definition) is 3. The van der Waals surface area contributed by atoms with Gasteiger partial charge in [-0.1, -0.05) is 48.5 Å². The largest absolute Gasteiger partial charge is 0.480 e. The Morgan fingerprint density at radius 1 is 0.852 bits per heavy atom. The highest BCUT2D eigenvalue weighted by Crippen LogP contribution is 2.28. The number of amides is 2. The van der Waals surface area contributed by atoms with E-state index in [0.29, 0.717) is 0 Å². The van der Waals surface area contributed by atoms with Gasteiger partial charge in [0.1, 0.15) is 13.1 Å². The van der Waals surface area contributed by atoms with Crippen LogP contribution in [0.25, 0.3) is 22.2 Å². The van der Waals surface area contributed by atoms with Gasteiger partial charge in [0.2, 0.25) is 11.8 Å². The number of nitrogens with one attached hydrogen (secondary N) is 2. The first-order chi connectivity index (χ1) is 13.0. The summed E-state index contributed by atoms with van der Waals surface area (Å²) in [4.78, 5) is 34.4. The van der Waals surface area contributed by atoms with Crippen molar-refractivity contribution in [3.63, 3.8) is 0 Å². The quantitative estimate of drug-likeness (QED) is 0.592. The van der Waals surface area contributed by atoms with E-state index in [1.54, 1.807) is 0 Å². The zero-order chi connectivity index (χ0) is 19.2. The molecule has 0 radical (unpaired) electrons. The van der Waals surface area contributed by atoms with Gasteiger partial charge in [0.15, 0.2) is 0 Å². The number of carboxylic acid groups (broad SMARTS) is 1. The summed E-state index contributed by atoms with van der Waals surface area (Å²) in [6, 6.07) is 19.5. The number of benzene rings is 2. The fourth-order valence-electron chi connectivity index (χ4n) is 2.84. The van der Waals surface area contributed by atoms with E-state index in [9.17, 15) is 14.4 Å². The lowest BCUT2D eigenvalue weighted by molar-refractivity contribution is -0.137. The zero-order valence-corrected chi connectivity index (χ0v) is 14.5. The smallest absolute Gasteiger partial charge is 0.322 e. The maximum atomic E-state index is 12.4. The molecule has 1 aromatic heterocycles. The summed E-state index contributed by atoms with van der Waals surface area (Å²) in [5, 5.41) is 14.3. The van der Waals surface area contributed by atoms with Crippen LogP contribution in [-0.2, 0) is 20.9 Å². The summed E-state index contributed by atoms with van der Waals surface area (Å²) in [6.07, 6.45) is 0. The van der Waals surface area contributed by atoms with Crippen molar-refractivity contribution >= 4 is 28.7 Å². The molecule has 0 fully saturated rings. The molecule has 0 bridgehead atoms. The van der Waals surface area contributed by atoms with E-state index in [1.807, 2.05) is 65.2 Å². The molecule has 1 heterocycles. The van der Waals surface area contributed by atoms with E-state index < -0.39 is 18.4 Å². The zero-order valence-electron chi connectivity index (χ0n) is 14.5. The lowest BCUT2D eigenvalue weighted by Gasteiger charge is -2.11. The Labute approximate surface area is 155 Å². The SMILES string of the molecule is O=C(O)CNC(=O)CNC(=O)Cn1c(-c2ccccc2)cc2ccccc21. The number of carboxylic acids is 1. The van der Waals surface area contributed by atoms with Crippen molar-refractivity contribution in [2.45, 2.75) is 6.54 Å². The van der Waals surface area contributed by atoms with Crippen molar-refractivity contribution in [1.82, 2.24) is 15.2 Å². The minimum Gasteiger partial charge on any atom is -0.480 e. The maximum absolute atomic E-state index is 12.4. The molecular formula is C20H19N3O4. The average molecular weight is 365 g/mol. The second-order valence-electron chi connectivity index (χ2n) is 5.99. The standard InChI is InChI=1S/C20H19N3O4/c24-18(22-12-20(26)27)11-21-19(25)13-23-16-9-5-4-8-15(16)10-17(23)14-6-2-1-3-7-14/h1-10H,11-13H2,(H,21,25)(H,22,24)(H,26,27). The molecule has 0 atom stereocenters. The number of rotatable bonds is 7. The van der Waals surface area contributed by atoms with Gasteiger partial charge in [0.25, 0.3) is 0 Å². The van der Waals surface area contributed by atoms with Crippen molar-refractivity contribution in [3.8, 4) is 11.3 Å². The summed E-state index contributed by atoms with van der Waals surface area (Å²) in [5.74, 6) is -2.02. The number of nitrogens with zero attached hydrogens (tertiary/aromatic N) is 1. The first-order valence-electron chi connectivity index (χ1n) is 8.43. The molecule has 0 aliphatic heterocycles. The van der Waals surface area contributed by atoms with Gasteiger partial charge in [-0.15, -0.1) is 0 Å². The summed E-state index contributed by atoms with van der Waals surface area (Å²) in [6.45, 7) is -0.703. The molecule has 0 aliphatic carbocycles. The number of para-hydroxylation sites is 1. The van der Waals surface area contributed by atoms with Crippen molar-refractivity contribution in [2.75, 3.05) is 13.1 Å². The summed E-state index contributed by atoms with van der Waals surface area (Å²) >= 11 is 0. The second-order valence-corrected chi connectivity index (χ2v) is 5.99. The van der Waals surface area contributed by atoms with Gasteiger partial charge >= 0.3 is 5.97 Å². The molecule has 3 rings (SSSR count). The predicted octanol–water partition coefficient (Wildman–Crippen LogP) is 1.63. The highest BCUT2D eigenvalue weighted by molar-refractivity contribution is 5.90. The second kappa shape index (κ2) is 8.18. The van der Waals surface area contributed by atoms with Crippen LogP contribution in [0.3, 0.4) is 0 Å². The van der Waals surface area contributed by atoms with Crippen molar-refractivity contribution < 1.29 is 19.5 Å². The Morgan fingerprint density at radius 3 is 2.26 bits per heavy atom. The van der Waals surface area contributed by atoms with Gasteiger partial charge < -0.3 is 20.3 Å². The molecule has 3 aromatic rings. The Kier molecular flexibility index (Phi) is 5.51. The molecule has 27 heavy (non-hydrogen) atoms. The monoisotopic (exact) mass is 365 g/mol. The molecule has 2 amide bonds. The van der Waals surface area contributed by atoms with Crippen LogP contribution in [0, 0.1) is 0 Å². The molecule has 3 N–H and O–H groups in total. The molecule has 138 valence electrons. The van der Waals surface area contributed by atoms with Crippen molar-refractivity contribution in [1.29, 1.82) is 0 Å². The minimum atomic E-state index is -1.14. The van der Waals surface area contributed by atoms with Gasteiger partial charge in [-0.2, -0.15) is 0 Å². The lowest BCUT2D eigenvalue weighted by atomic mass is 10.1. The number of aliphatic carboxylic acids is 1. The highest BCUT2D eigenvalue weighted by Gasteiger charge is 2.14. The van der Waals surface area contributed by atoms with Gasteiger partial charge in [0.05, 0.1) is 6.54 Å². The predicted molar refractivity (Wildman–Crippen MR) is 101 cm³/mol. The van der Waals surface area contributed by atoms with Crippen LogP contribution in [0.1, 0.15) is 0 Å². The topological polar surface area (TPSA) is 100 Å². The fourth-order valence-corrected chi connectivity index (χ4v) is 2.84. The molecule has 7 nitrogen and oxygen atoms in total. The average Bonchev–Trinajstić information content (AvgIpc) is 3.04. The minimum absolute atomic E-state index is 0.0456. The molecule has 0 unspecified atom stereocenters. The van der Waals surface area contributed by atoms with E-state index in [0.717, 1.165) is 22.2 Å². The summed E-state index contributed by atoms with van der Waals surface area (Å²) in [7, 11) is 0. The number of carbonyl (C=O) groups is 3. The number of aromatic nitrogens is 1. The summed E-state index contributed by atoms with van der Waals surface area (Å²) in [5.41, 5.74) is 2.81.